The number of aliphatic hydroxyl groups is 1. The molecular weight excluding hydrogens is 741 g/mol. The summed E-state index contributed by atoms with van der Waals surface area (Å²) in [6.45, 7) is 3.51. The molecule has 0 saturated carbocycles. The molecule has 0 radical (unpaired) electrons. The second kappa shape index (κ2) is 45.1. The van der Waals surface area contributed by atoms with Crippen LogP contribution in [0.2, 0.25) is 0 Å². The lowest BCUT2D eigenvalue weighted by Gasteiger charge is -2.18. The average molecular weight is 835 g/mol. The maximum absolute atomic E-state index is 12.8. The van der Waals surface area contributed by atoms with Gasteiger partial charge in [0.15, 0.2) is 0 Å². The van der Waals surface area contributed by atoms with Gasteiger partial charge in [-0.3, -0.25) is 14.4 Å². The van der Waals surface area contributed by atoms with Gasteiger partial charge in [0.2, 0.25) is 11.8 Å². The Bertz CT molecular complexity index is 1000. The molecule has 0 aromatic rings. The number of carboxylic acid groups (broad SMARTS) is 1. The average Bonchev–Trinajstić information content (AvgIpc) is 3.22. The second-order valence-corrected chi connectivity index (χ2v) is 17.3. The third-order valence-corrected chi connectivity index (χ3v) is 11.5. The second-order valence-electron chi connectivity index (χ2n) is 17.3. The van der Waals surface area contributed by atoms with E-state index in [1.807, 2.05) is 0 Å². The molecule has 0 spiro atoms. The fourth-order valence-electron chi connectivity index (χ4n) is 7.65. The van der Waals surface area contributed by atoms with Gasteiger partial charge in [0.25, 0.3) is 0 Å². The van der Waals surface area contributed by atoms with Crippen LogP contribution < -0.4 is 10.6 Å². The van der Waals surface area contributed by atoms with E-state index in [2.05, 4.69) is 36.6 Å². The highest BCUT2D eigenvalue weighted by Gasteiger charge is 2.19. The summed E-state index contributed by atoms with van der Waals surface area (Å²) in [5, 5.41) is 22.6. The van der Waals surface area contributed by atoms with Crippen LogP contribution in [0.5, 0.6) is 0 Å². The summed E-state index contributed by atoms with van der Waals surface area (Å²) in [6.07, 6.45) is 49.7. The Morgan fingerprint density at radius 2 is 0.864 bits per heavy atom. The molecule has 9 nitrogen and oxygen atoms in total. The van der Waals surface area contributed by atoms with E-state index < -0.39 is 24.5 Å². The maximum Gasteiger partial charge on any atom is 0.328 e. The van der Waals surface area contributed by atoms with Crippen molar-refractivity contribution in [2.24, 2.45) is 0 Å². The minimum atomic E-state index is -1.38. The summed E-state index contributed by atoms with van der Waals surface area (Å²) in [7, 11) is 0. The number of allylic oxidation sites excluding steroid dienone is 2. The zero-order valence-corrected chi connectivity index (χ0v) is 38.5. The minimum Gasteiger partial charge on any atom is -0.480 e. The summed E-state index contributed by atoms with van der Waals surface area (Å²) in [5.41, 5.74) is 0. The van der Waals surface area contributed by atoms with Crippen LogP contribution >= 0.6 is 0 Å². The van der Waals surface area contributed by atoms with Crippen LogP contribution in [-0.2, 0) is 23.9 Å². The van der Waals surface area contributed by atoms with Gasteiger partial charge in [-0.1, -0.05) is 193 Å². The smallest absolute Gasteiger partial charge is 0.328 e. The summed E-state index contributed by atoms with van der Waals surface area (Å²) < 4.78 is 6.05. The van der Waals surface area contributed by atoms with E-state index in [1.165, 1.54) is 167 Å². The van der Waals surface area contributed by atoms with E-state index in [-0.39, 0.29) is 24.5 Å². The first kappa shape index (κ1) is 56.6. The number of amides is 2. The van der Waals surface area contributed by atoms with Crippen molar-refractivity contribution in [3.05, 3.63) is 12.2 Å². The molecule has 0 bridgehead atoms. The van der Waals surface area contributed by atoms with Gasteiger partial charge in [-0.25, -0.2) is 4.79 Å². The van der Waals surface area contributed by atoms with Crippen LogP contribution in [0, 0.1) is 0 Å². The van der Waals surface area contributed by atoms with Gasteiger partial charge in [-0.05, 0) is 64.2 Å². The predicted molar refractivity (Wildman–Crippen MR) is 245 cm³/mol. The largest absolute Gasteiger partial charge is 0.480 e. The third-order valence-electron chi connectivity index (χ3n) is 11.5. The summed E-state index contributed by atoms with van der Waals surface area (Å²) in [6, 6.07) is -1.38. The van der Waals surface area contributed by atoms with Crippen molar-refractivity contribution in [2.45, 2.75) is 270 Å². The number of rotatable bonds is 46. The predicted octanol–water partition coefficient (Wildman–Crippen LogP) is 13.0. The van der Waals surface area contributed by atoms with Crippen molar-refractivity contribution >= 4 is 23.8 Å². The van der Waals surface area contributed by atoms with E-state index in [0.717, 1.165) is 57.8 Å². The molecule has 2 amide bonds. The number of esters is 1. The molecule has 0 fully saturated rings. The number of aliphatic carboxylic acids is 1. The molecule has 9 heteroatoms. The van der Waals surface area contributed by atoms with E-state index in [1.54, 1.807) is 0 Å². The van der Waals surface area contributed by atoms with Gasteiger partial charge in [0.1, 0.15) is 12.1 Å². The van der Waals surface area contributed by atoms with Crippen LogP contribution in [0.4, 0.5) is 0 Å². The number of nitrogens with one attached hydrogen (secondary N) is 2. The number of carbonyl (C=O) groups is 4. The molecular formula is C50H94N2O7. The molecule has 0 saturated heterocycles. The Morgan fingerprint density at radius 1 is 0.492 bits per heavy atom. The van der Waals surface area contributed by atoms with Crippen molar-refractivity contribution in [1.29, 1.82) is 0 Å². The molecule has 0 aromatic heterocycles. The first-order valence-electron chi connectivity index (χ1n) is 25.1. The molecule has 0 aliphatic rings. The highest BCUT2D eigenvalue weighted by molar-refractivity contribution is 5.87. The van der Waals surface area contributed by atoms with Crippen LogP contribution in [0.1, 0.15) is 258 Å². The van der Waals surface area contributed by atoms with Gasteiger partial charge < -0.3 is 25.6 Å². The number of carboxylic acids is 1. The highest BCUT2D eigenvalue weighted by Crippen LogP contribution is 2.19. The number of carbonyl (C=O) groups excluding carboxylic acids is 3. The van der Waals surface area contributed by atoms with Gasteiger partial charge in [-0.2, -0.15) is 0 Å². The summed E-state index contributed by atoms with van der Waals surface area (Å²) >= 11 is 0. The quantitative estimate of drug-likeness (QED) is 0.0272. The topological polar surface area (TPSA) is 142 Å². The fraction of sp³-hybridized carbons (Fsp3) is 0.880. The molecule has 0 heterocycles. The number of aliphatic hydroxyl groups excluding tert-OH is 1. The standard InChI is InChI=1S/C50H94N2O7/c1-3-5-7-9-11-13-15-16-17-18-19-20-21-22-23-24-25-27-29-34-38-42-49(56)59-45(39-35-31-28-26-14-12-10-8-6-4-2)40-36-32-30-33-37-41-47(54)51-43-48(55)52-46(44-53)50(57)58/h18-19,45-46,53H,3-17,20-44H2,1-2H3,(H,51,54)(H,52,55)(H,57,58)/b19-18-. The van der Waals surface area contributed by atoms with E-state index in [4.69, 9.17) is 14.9 Å². The lowest BCUT2D eigenvalue weighted by molar-refractivity contribution is -0.150. The van der Waals surface area contributed by atoms with Crippen molar-refractivity contribution in [2.75, 3.05) is 13.2 Å². The van der Waals surface area contributed by atoms with Crippen LogP contribution in [0.25, 0.3) is 0 Å². The van der Waals surface area contributed by atoms with E-state index in [9.17, 15) is 19.2 Å². The van der Waals surface area contributed by atoms with Gasteiger partial charge in [-0.15, -0.1) is 0 Å². The lowest BCUT2D eigenvalue weighted by Crippen LogP contribution is -2.47. The monoisotopic (exact) mass is 835 g/mol. The van der Waals surface area contributed by atoms with Crippen molar-refractivity contribution in [1.82, 2.24) is 10.6 Å². The van der Waals surface area contributed by atoms with E-state index in [0.29, 0.717) is 19.3 Å². The van der Waals surface area contributed by atoms with E-state index >= 15 is 0 Å². The minimum absolute atomic E-state index is 0.00887. The highest BCUT2D eigenvalue weighted by atomic mass is 16.5. The Morgan fingerprint density at radius 3 is 1.27 bits per heavy atom. The maximum atomic E-state index is 12.8. The SMILES string of the molecule is CCCCCCCCCC/C=C\CCCCCCCCCCCC(=O)OC(CCCCCCCCCCCC)CCCCCCCC(=O)NCC(=O)NC(CO)C(=O)O. The number of hydrogen-bond acceptors (Lipinski definition) is 6. The Labute approximate surface area is 362 Å². The van der Waals surface area contributed by atoms with Crippen molar-refractivity contribution in [3.63, 3.8) is 0 Å². The Kier molecular flexibility index (Phi) is 43.3. The molecule has 0 aromatic carbocycles. The van der Waals surface area contributed by atoms with Crippen molar-refractivity contribution < 1.29 is 34.1 Å². The lowest BCUT2D eigenvalue weighted by atomic mass is 10.0. The molecule has 0 aliphatic heterocycles. The van der Waals surface area contributed by atoms with Crippen LogP contribution in [0.3, 0.4) is 0 Å². The molecule has 346 valence electrons. The summed E-state index contributed by atoms with van der Waals surface area (Å²) in [5.74, 6) is -2.27. The zero-order valence-electron chi connectivity index (χ0n) is 38.5. The van der Waals surface area contributed by atoms with Gasteiger partial charge in [0.05, 0.1) is 13.2 Å². The molecule has 2 atom stereocenters. The molecule has 4 N–H and O–H groups in total. The Balaban J connectivity index is 4.15. The first-order chi connectivity index (χ1) is 28.8. The van der Waals surface area contributed by atoms with Gasteiger partial charge in [0, 0.05) is 12.8 Å². The van der Waals surface area contributed by atoms with Crippen LogP contribution in [0.15, 0.2) is 12.2 Å². The molecule has 2 unspecified atom stereocenters. The van der Waals surface area contributed by atoms with Gasteiger partial charge >= 0.3 is 11.9 Å². The number of unbranched alkanes of at least 4 members (excludes halogenated alkanes) is 30. The van der Waals surface area contributed by atoms with Crippen molar-refractivity contribution in [3.8, 4) is 0 Å². The summed E-state index contributed by atoms with van der Waals surface area (Å²) in [4.78, 5) is 47.7. The number of ether oxygens (including phenoxy) is 1. The zero-order chi connectivity index (χ0) is 43.3. The molecule has 0 rings (SSSR count). The first-order valence-corrected chi connectivity index (χ1v) is 25.1. The van der Waals surface area contributed by atoms with Crippen LogP contribution in [-0.4, -0.2) is 59.3 Å². The number of hydrogen-bond donors (Lipinski definition) is 4. The Hall–Kier alpha value is -2.42. The fourth-order valence-corrected chi connectivity index (χ4v) is 7.65. The molecule has 59 heavy (non-hydrogen) atoms. The normalized spacial score (nSPS) is 12.5. The third kappa shape index (κ3) is 42.1. The molecule has 0 aliphatic carbocycles.